The highest BCUT2D eigenvalue weighted by Crippen LogP contribution is 2.34. The third-order valence-corrected chi connectivity index (χ3v) is 5.53. The van der Waals surface area contributed by atoms with E-state index in [0.717, 1.165) is 44.4 Å². The number of aromatic nitrogens is 1. The lowest BCUT2D eigenvalue weighted by atomic mass is 10.1. The molecule has 0 saturated carbocycles. The summed E-state index contributed by atoms with van der Waals surface area (Å²) in [5.41, 5.74) is 0.844. The van der Waals surface area contributed by atoms with Gasteiger partial charge in [-0.15, -0.1) is 0 Å². The van der Waals surface area contributed by atoms with Crippen LogP contribution in [0.3, 0.4) is 0 Å². The molecule has 4 rings (SSSR count). The van der Waals surface area contributed by atoms with Gasteiger partial charge in [0, 0.05) is 62.7 Å². The fourth-order valence-corrected chi connectivity index (χ4v) is 3.91. The van der Waals surface area contributed by atoms with Gasteiger partial charge in [0.1, 0.15) is 11.6 Å². The van der Waals surface area contributed by atoms with Gasteiger partial charge >= 0.3 is 0 Å². The van der Waals surface area contributed by atoms with Crippen molar-refractivity contribution in [3.8, 4) is 22.5 Å². The number of carbonyl (C=O) groups excluding carboxylic acids is 1. The van der Waals surface area contributed by atoms with Crippen molar-refractivity contribution in [3.05, 3.63) is 75.8 Å². The Hall–Kier alpha value is -3.63. The van der Waals surface area contributed by atoms with Crippen LogP contribution < -0.4 is 10.6 Å². The number of benzene rings is 2. The number of para-hydroxylation sites is 1. The van der Waals surface area contributed by atoms with E-state index in [-0.39, 0.29) is 33.8 Å². The second-order valence-electron chi connectivity index (χ2n) is 7.75. The van der Waals surface area contributed by atoms with E-state index < -0.39 is 22.5 Å². The van der Waals surface area contributed by atoms with Gasteiger partial charge in [0.05, 0.1) is 21.7 Å². The summed E-state index contributed by atoms with van der Waals surface area (Å²) in [5.74, 6) is -1.97. The molecule has 2 aromatic carbocycles. The number of carbonyl (C=O) groups is 1. The first-order chi connectivity index (χ1) is 15.9. The van der Waals surface area contributed by atoms with Gasteiger partial charge < -0.3 is 15.6 Å². The molecule has 33 heavy (non-hydrogen) atoms. The lowest BCUT2D eigenvalue weighted by molar-refractivity contribution is -0.384. The minimum absolute atomic E-state index is 0.157. The van der Waals surface area contributed by atoms with Crippen molar-refractivity contribution < 1.29 is 18.5 Å². The predicted molar refractivity (Wildman–Crippen MR) is 120 cm³/mol. The van der Waals surface area contributed by atoms with Gasteiger partial charge in [-0.1, -0.05) is 12.1 Å². The molecule has 10 heteroatoms. The molecular weight excluding hydrogens is 432 g/mol. The molecule has 1 fully saturated rings. The minimum Gasteiger partial charge on any atom is -0.354 e. The average molecular weight is 455 g/mol. The van der Waals surface area contributed by atoms with Crippen molar-refractivity contribution in [3.63, 3.8) is 0 Å². The zero-order chi connectivity index (χ0) is 23.4. The average Bonchev–Trinajstić information content (AvgIpc) is 3.25. The molecule has 0 spiro atoms. The van der Waals surface area contributed by atoms with E-state index in [2.05, 4.69) is 20.5 Å². The molecule has 1 saturated heterocycles. The molecule has 1 aromatic heterocycles. The first-order valence-electron chi connectivity index (χ1n) is 10.6. The summed E-state index contributed by atoms with van der Waals surface area (Å²) < 4.78 is 27.6. The van der Waals surface area contributed by atoms with Crippen LogP contribution in [0.4, 0.5) is 14.5 Å². The summed E-state index contributed by atoms with van der Waals surface area (Å²) in [6.45, 7) is 4.61. The molecule has 0 bridgehead atoms. The van der Waals surface area contributed by atoms with Gasteiger partial charge in [0.25, 0.3) is 11.6 Å². The van der Waals surface area contributed by atoms with E-state index in [4.69, 9.17) is 0 Å². The van der Waals surface area contributed by atoms with Crippen LogP contribution in [0.5, 0.6) is 0 Å². The van der Waals surface area contributed by atoms with Crippen LogP contribution in [0.15, 0.2) is 48.5 Å². The number of hydrogen-bond donors (Lipinski definition) is 3. The van der Waals surface area contributed by atoms with E-state index in [0.29, 0.717) is 13.1 Å². The van der Waals surface area contributed by atoms with Gasteiger partial charge in [0.15, 0.2) is 0 Å². The molecular formula is C23H23F2N5O3. The number of aromatic amines is 1. The number of hydrogen-bond acceptors (Lipinski definition) is 5. The number of rotatable bonds is 7. The zero-order valence-corrected chi connectivity index (χ0v) is 17.7. The van der Waals surface area contributed by atoms with Crippen molar-refractivity contribution in [2.75, 3.05) is 39.3 Å². The van der Waals surface area contributed by atoms with E-state index in [1.54, 1.807) is 6.07 Å². The molecule has 1 amide bonds. The fourth-order valence-electron chi connectivity index (χ4n) is 3.91. The van der Waals surface area contributed by atoms with Crippen LogP contribution in [-0.2, 0) is 0 Å². The van der Waals surface area contributed by atoms with E-state index in [1.165, 1.54) is 24.3 Å². The number of amides is 1. The number of piperazine rings is 1. The molecule has 0 atom stereocenters. The SMILES string of the molecule is O=C(NCCN1CCNCC1)c1cc(-c2cc(F)cc(F)c2)[nH]c1-c1ccccc1[N+](=O)[O-]. The molecule has 0 radical (unpaired) electrons. The van der Waals surface area contributed by atoms with Gasteiger partial charge in [-0.3, -0.25) is 19.8 Å². The maximum absolute atomic E-state index is 13.8. The summed E-state index contributed by atoms with van der Waals surface area (Å²) in [4.78, 5) is 29.3. The quantitative estimate of drug-likeness (QED) is 0.375. The van der Waals surface area contributed by atoms with Crippen LogP contribution in [-0.4, -0.2) is 60.0 Å². The Bertz CT molecular complexity index is 1150. The molecule has 0 aliphatic carbocycles. The molecule has 172 valence electrons. The predicted octanol–water partition coefficient (Wildman–Crippen LogP) is 3.17. The summed E-state index contributed by atoms with van der Waals surface area (Å²) >= 11 is 0. The highest BCUT2D eigenvalue weighted by atomic mass is 19.1. The highest BCUT2D eigenvalue weighted by molar-refractivity contribution is 6.02. The lowest BCUT2D eigenvalue weighted by Gasteiger charge is -2.27. The fraction of sp³-hybridized carbons (Fsp3) is 0.261. The largest absolute Gasteiger partial charge is 0.354 e. The van der Waals surface area contributed by atoms with Gasteiger partial charge in [-0.05, 0) is 24.3 Å². The van der Waals surface area contributed by atoms with Gasteiger partial charge in [-0.2, -0.15) is 0 Å². The maximum atomic E-state index is 13.8. The van der Waals surface area contributed by atoms with Crippen molar-refractivity contribution in [1.82, 2.24) is 20.5 Å². The summed E-state index contributed by atoms with van der Waals surface area (Å²) in [6, 6.07) is 10.5. The lowest BCUT2D eigenvalue weighted by Crippen LogP contribution is -2.46. The van der Waals surface area contributed by atoms with Crippen molar-refractivity contribution in [2.24, 2.45) is 0 Å². The van der Waals surface area contributed by atoms with E-state index in [9.17, 15) is 23.7 Å². The third-order valence-electron chi connectivity index (χ3n) is 5.53. The Morgan fingerprint density at radius 2 is 1.79 bits per heavy atom. The summed E-state index contributed by atoms with van der Waals surface area (Å²) in [7, 11) is 0. The summed E-state index contributed by atoms with van der Waals surface area (Å²) in [5, 5.41) is 17.7. The van der Waals surface area contributed by atoms with Crippen LogP contribution in [0.2, 0.25) is 0 Å². The third kappa shape index (κ3) is 5.24. The molecule has 8 nitrogen and oxygen atoms in total. The van der Waals surface area contributed by atoms with Crippen molar-refractivity contribution in [2.45, 2.75) is 0 Å². The molecule has 1 aliphatic heterocycles. The Morgan fingerprint density at radius 3 is 2.48 bits per heavy atom. The number of halogens is 2. The molecule has 1 aliphatic rings. The van der Waals surface area contributed by atoms with E-state index >= 15 is 0 Å². The van der Waals surface area contributed by atoms with Crippen LogP contribution in [0.25, 0.3) is 22.5 Å². The molecule has 0 unspecified atom stereocenters. The van der Waals surface area contributed by atoms with Crippen LogP contribution >= 0.6 is 0 Å². The number of H-pyrrole nitrogens is 1. The summed E-state index contributed by atoms with van der Waals surface area (Å²) in [6.07, 6.45) is 0. The smallest absolute Gasteiger partial charge is 0.278 e. The molecule has 2 heterocycles. The van der Waals surface area contributed by atoms with Gasteiger partial charge in [0.2, 0.25) is 0 Å². The number of nitrogens with zero attached hydrogens (tertiary/aromatic N) is 2. The number of nitro groups is 1. The normalized spacial score (nSPS) is 14.2. The van der Waals surface area contributed by atoms with E-state index in [1.807, 2.05) is 0 Å². The zero-order valence-electron chi connectivity index (χ0n) is 17.7. The van der Waals surface area contributed by atoms with Crippen molar-refractivity contribution in [1.29, 1.82) is 0 Å². The Labute approximate surface area is 188 Å². The number of nitro benzene ring substituents is 1. The first kappa shape index (κ1) is 22.6. The van der Waals surface area contributed by atoms with Crippen LogP contribution in [0, 0.1) is 21.7 Å². The standard InChI is InChI=1S/C23H23F2N5O3/c24-16-11-15(12-17(25)13-16)20-14-19(23(31)27-7-10-29-8-5-26-6-9-29)22(28-20)18-3-1-2-4-21(18)30(32)33/h1-4,11-14,26,28H,5-10H2,(H,27,31). The Morgan fingerprint density at radius 1 is 1.09 bits per heavy atom. The first-order valence-corrected chi connectivity index (χ1v) is 10.6. The second-order valence-corrected chi connectivity index (χ2v) is 7.75. The van der Waals surface area contributed by atoms with Crippen LogP contribution in [0.1, 0.15) is 10.4 Å². The van der Waals surface area contributed by atoms with Gasteiger partial charge in [-0.25, -0.2) is 8.78 Å². The topological polar surface area (TPSA) is 103 Å². The number of nitrogens with one attached hydrogen (secondary N) is 3. The Kier molecular flexibility index (Phi) is 6.76. The highest BCUT2D eigenvalue weighted by Gasteiger charge is 2.24. The van der Waals surface area contributed by atoms with Crippen molar-refractivity contribution >= 4 is 11.6 Å². The minimum atomic E-state index is -0.770. The monoisotopic (exact) mass is 455 g/mol. The Balaban J connectivity index is 1.67. The maximum Gasteiger partial charge on any atom is 0.278 e. The second kappa shape index (κ2) is 9.88. The molecule has 3 aromatic rings. The molecule has 3 N–H and O–H groups in total.